The Morgan fingerprint density at radius 2 is 2.00 bits per heavy atom. The van der Waals surface area contributed by atoms with Gasteiger partial charge in [0.25, 0.3) is 0 Å². The maximum Gasteiger partial charge on any atom is 0.0700 e. The second-order valence-corrected chi connectivity index (χ2v) is 3.62. The lowest BCUT2D eigenvalue weighted by molar-refractivity contribution is 0.616. The van der Waals surface area contributed by atoms with Crippen molar-refractivity contribution in [3.05, 3.63) is 35.9 Å². The van der Waals surface area contributed by atoms with Gasteiger partial charge < -0.3 is 5.32 Å². The minimum absolute atomic E-state index is 0.346. The Bertz CT molecular complexity index is 235. The van der Waals surface area contributed by atoms with E-state index in [2.05, 4.69) is 36.5 Å². The first kappa shape index (κ1) is 11.3. The summed E-state index contributed by atoms with van der Waals surface area (Å²) in [6, 6.07) is 10.4. The van der Waals surface area contributed by atoms with Crippen molar-refractivity contribution in [2.75, 3.05) is 6.54 Å². The maximum absolute atomic E-state index is 5.81. The van der Waals surface area contributed by atoms with Crippen LogP contribution < -0.4 is 5.32 Å². The van der Waals surface area contributed by atoms with E-state index in [0.29, 0.717) is 5.82 Å². The van der Waals surface area contributed by atoms with Gasteiger partial charge in [0, 0.05) is 6.54 Å². The summed E-state index contributed by atoms with van der Waals surface area (Å²) in [4.78, 5) is 0. The third-order valence-corrected chi connectivity index (χ3v) is 2.39. The van der Waals surface area contributed by atoms with Crippen LogP contribution in [-0.2, 0) is 6.54 Å². The first-order chi connectivity index (χ1) is 6.83. The first-order valence-electron chi connectivity index (χ1n) is 5.33. The van der Waals surface area contributed by atoms with Crippen molar-refractivity contribution >= 4 is 7.85 Å². The molecular formula is C12H18BN. The van der Waals surface area contributed by atoms with Gasteiger partial charge in [0.1, 0.15) is 0 Å². The van der Waals surface area contributed by atoms with Crippen LogP contribution in [0.15, 0.2) is 30.3 Å². The summed E-state index contributed by atoms with van der Waals surface area (Å²) >= 11 is 0. The zero-order valence-corrected chi connectivity index (χ0v) is 8.87. The van der Waals surface area contributed by atoms with E-state index in [-0.39, 0.29) is 0 Å². The summed E-state index contributed by atoms with van der Waals surface area (Å²) in [6.45, 7) is 4.07. The minimum atomic E-state index is 0.346. The van der Waals surface area contributed by atoms with E-state index in [0.717, 1.165) is 25.9 Å². The van der Waals surface area contributed by atoms with Crippen LogP contribution in [0.2, 0.25) is 5.82 Å². The molecule has 1 rings (SSSR count). The highest BCUT2D eigenvalue weighted by atomic mass is 14.8. The monoisotopic (exact) mass is 187 g/mol. The van der Waals surface area contributed by atoms with Crippen LogP contribution in [0, 0.1) is 0 Å². The number of hydrogen-bond donors (Lipinski definition) is 1. The van der Waals surface area contributed by atoms with E-state index in [1.807, 2.05) is 6.07 Å². The molecule has 1 aromatic carbocycles. The van der Waals surface area contributed by atoms with E-state index in [4.69, 9.17) is 7.85 Å². The van der Waals surface area contributed by atoms with E-state index in [9.17, 15) is 0 Å². The smallest absolute Gasteiger partial charge is 0.0700 e. The van der Waals surface area contributed by atoms with Crippen molar-refractivity contribution in [3.8, 4) is 0 Å². The second-order valence-electron chi connectivity index (χ2n) is 3.62. The van der Waals surface area contributed by atoms with E-state index in [1.165, 1.54) is 5.56 Å². The molecule has 14 heavy (non-hydrogen) atoms. The summed E-state index contributed by atoms with van der Waals surface area (Å²) < 4.78 is 0. The highest BCUT2D eigenvalue weighted by Crippen LogP contribution is 2.08. The summed E-state index contributed by atoms with van der Waals surface area (Å²) in [6.07, 6.45) is 2.12. The molecule has 1 nitrogen and oxygen atoms in total. The molecule has 0 saturated heterocycles. The number of rotatable bonds is 6. The molecule has 0 spiro atoms. The van der Waals surface area contributed by atoms with Crippen molar-refractivity contribution in [1.82, 2.24) is 5.32 Å². The molecule has 2 radical (unpaired) electrons. The zero-order valence-electron chi connectivity index (χ0n) is 8.87. The van der Waals surface area contributed by atoms with Gasteiger partial charge in [-0.2, -0.15) is 0 Å². The largest absolute Gasteiger partial charge is 0.313 e. The molecule has 0 heterocycles. The van der Waals surface area contributed by atoms with Crippen molar-refractivity contribution in [3.63, 3.8) is 0 Å². The Morgan fingerprint density at radius 1 is 1.29 bits per heavy atom. The van der Waals surface area contributed by atoms with E-state index >= 15 is 0 Å². The van der Waals surface area contributed by atoms with Crippen LogP contribution in [-0.4, -0.2) is 14.4 Å². The van der Waals surface area contributed by atoms with Crippen LogP contribution in [0.25, 0.3) is 0 Å². The molecule has 0 saturated carbocycles. The molecule has 2 heteroatoms. The molecule has 0 aromatic heterocycles. The van der Waals surface area contributed by atoms with Crippen molar-refractivity contribution in [2.24, 2.45) is 0 Å². The highest BCUT2D eigenvalue weighted by molar-refractivity contribution is 6.11. The third kappa shape index (κ3) is 4.47. The molecule has 0 amide bonds. The molecule has 1 atom stereocenters. The number of nitrogens with one attached hydrogen (secondary N) is 1. The molecule has 1 aromatic rings. The Labute approximate surface area is 88.3 Å². The SMILES string of the molecule is [B]C(CC)CCNCc1ccccc1. The van der Waals surface area contributed by atoms with Crippen molar-refractivity contribution in [2.45, 2.75) is 32.1 Å². The quantitative estimate of drug-likeness (QED) is 0.533. The van der Waals surface area contributed by atoms with Crippen molar-refractivity contribution < 1.29 is 0 Å². The average molecular weight is 187 g/mol. The second kappa shape index (κ2) is 6.66. The molecule has 0 fully saturated rings. The molecule has 0 aliphatic rings. The lowest BCUT2D eigenvalue weighted by Gasteiger charge is -2.09. The standard InChI is InChI=1S/C12H18BN/c1-2-12(13)8-9-14-10-11-6-4-3-5-7-11/h3-7,12,14H,2,8-10H2,1H3. The van der Waals surface area contributed by atoms with Gasteiger partial charge in [-0.1, -0.05) is 49.5 Å². The molecule has 1 unspecified atom stereocenters. The molecule has 1 N–H and O–H groups in total. The third-order valence-electron chi connectivity index (χ3n) is 2.39. The fraction of sp³-hybridized carbons (Fsp3) is 0.500. The molecular weight excluding hydrogens is 169 g/mol. The van der Waals surface area contributed by atoms with Crippen LogP contribution in [0.3, 0.4) is 0 Å². The highest BCUT2D eigenvalue weighted by Gasteiger charge is 1.97. The van der Waals surface area contributed by atoms with Crippen molar-refractivity contribution in [1.29, 1.82) is 0 Å². The fourth-order valence-electron chi connectivity index (χ4n) is 1.32. The fourth-order valence-corrected chi connectivity index (χ4v) is 1.32. The van der Waals surface area contributed by atoms with Gasteiger partial charge in [-0.3, -0.25) is 0 Å². The van der Waals surface area contributed by atoms with Gasteiger partial charge in [0.05, 0.1) is 7.85 Å². The van der Waals surface area contributed by atoms with Gasteiger partial charge >= 0.3 is 0 Å². The summed E-state index contributed by atoms with van der Waals surface area (Å²) in [5.74, 6) is 0.346. The summed E-state index contributed by atoms with van der Waals surface area (Å²) in [5, 5.41) is 3.39. The Balaban J connectivity index is 2.10. The summed E-state index contributed by atoms with van der Waals surface area (Å²) in [5.41, 5.74) is 1.33. The lowest BCUT2D eigenvalue weighted by atomic mass is 9.82. The minimum Gasteiger partial charge on any atom is -0.313 e. The van der Waals surface area contributed by atoms with Gasteiger partial charge in [0.2, 0.25) is 0 Å². The van der Waals surface area contributed by atoms with E-state index in [1.54, 1.807) is 0 Å². The van der Waals surface area contributed by atoms with Crippen LogP contribution in [0.5, 0.6) is 0 Å². The van der Waals surface area contributed by atoms with Crippen LogP contribution >= 0.6 is 0 Å². The van der Waals surface area contributed by atoms with Gasteiger partial charge in [-0.15, -0.1) is 0 Å². The Kier molecular flexibility index (Phi) is 5.39. The maximum atomic E-state index is 5.81. The molecule has 74 valence electrons. The predicted molar refractivity (Wildman–Crippen MR) is 62.6 cm³/mol. The normalized spacial score (nSPS) is 12.6. The number of hydrogen-bond acceptors (Lipinski definition) is 1. The van der Waals surface area contributed by atoms with Gasteiger partial charge in [-0.25, -0.2) is 0 Å². The Morgan fingerprint density at radius 3 is 2.64 bits per heavy atom. The molecule has 0 bridgehead atoms. The van der Waals surface area contributed by atoms with Gasteiger partial charge in [-0.05, 0) is 18.5 Å². The topological polar surface area (TPSA) is 12.0 Å². The van der Waals surface area contributed by atoms with Gasteiger partial charge in [0.15, 0.2) is 0 Å². The van der Waals surface area contributed by atoms with E-state index < -0.39 is 0 Å². The summed E-state index contributed by atoms with van der Waals surface area (Å²) in [7, 11) is 5.81. The van der Waals surface area contributed by atoms with Crippen LogP contribution in [0.4, 0.5) is 0 Å². The van der Waals surface area contributed by atoms with Crippen LogP contribution in [0.1, 0.15) is 25.3 Å². The Hall–Kier alpha value is -0.755. The molecule has 0 aliphatic heterocycles. The predicted octanol–water partition coefficient (Wildman–Crippen LogP) is 2.53. The first-order valence-corrected chi connectivity index (χ1v) is 5.33. The zero-order chi connectivity index (χ0) is 10.2. The number of benzene rings is 1. The molecule has 0 aliphatic carbocycles. The average Bonchev–Trinajstić information content (AvgIpc) is 2.25. The lowest BCUT2D eigenvalue weighted by Crippen LogP contribution is -2.16.